The highest BCUT2D eigenvalue weighted by Crippen LogP contribution is 2.22. The Bertz CT molecular complexity index is 1550. The van der Waals surface area contributed by atoms with Crippen molar-refractivity contribution in [3.05, 3.63) is 115 Å². The maximum Gasteiger partial charge on any atom is 0.255 e. The highest BCUT2D eigenvalue weighted by molar-refractivity contribution is 6.67. The van der Waals surface area contributed by atoms with Gasteiger partial charge in [0.2, 0.25) is 0 Å². The number of hydrogen-bond acceptors (Lipinski definition) is 6. The van der Waals surface area contributed by atoms with Crippen LogP contribution in [0.25, 0.3) is 0 Å². The first kappa shape index (κ1) is 36.6. The van der Waals surface area contributed by atoms with Crippen LogP contribution < -0.4 is 11.1 Å². The van der Waals surface area contributed by atoms with Gasteiger partial charge in [0.05, 0.1) is 17.4 Å². The Morgan fingerprint density at radius 2 is 1.14 bits per heavy atom. The maximum absolute atomic E-state index is 12.1. The second kappa shape index (κ2) is 18.2. The van der Waals surface area contributed by atoms with E-state index in [4.69, 9.17) is 69.0 Å². The predicted molar refractivity (Wildman–Crippen MR) is 174 cm³/mol. The van der Waals surface area contributed by atoms with E-state index in [1.165, 1.54) is 6.92 Å². The summed E-state index contributed by atoms with van der Waals surface area (Å²) in [6.07, 6.45) is 0. The molecule has 0 fully saturated rings. The molecular weight excluding hydrogens is 640 g/mol. The molecule has 0 bridgehead atoms. The van der Waals surface area contributed by atoms with Crippen molar-refractivity contribution in [3.8, 4) is 6.07 Å². The summed E-state index contributed by atoms with van der Waals surface area (Å²) in [5.41, 5.74) is 11.6. The fourth-order valence-corrected chi connectivity index (χ4v) is 4.16. The molecule has 1 amide bonds. The lowest BCUT2D eigenvalue weighted by Crippen LogP contribution is -2.13. The Hall–Kier alpha value is -3.38. The number of hydrogen-bond donors (Lipinski definition) is 2. The molecule has 42 heavy (non-hydrogen) atoms. The molecule has 4 rings (SSSR count). The molecule has 0 aliphatic carbocycles. The first-order chi connectivity index (χ1) is 19.7. The number of nitriles is 1. The molecule has 0 aliphatic rings. The van der Waals surface area contributed by atoms with Crippen molar-refractivity contribution >= 4 is 80.5 Å². The van der Waals surface area contributed by atoms with Crippen LogP contribution in [0.2, 0.25) is 20.6 Å². The van der Waals surface area contributed by atoms with E-state index in [2.05, 4.69) is 15.3 Å². The third kappa shape index (κ3) is 13.5. The van der Waals surface area contributed by atoms with Gasteiger partial charge in [-0.05, 0) is 87.8 Å². The molecule has 2 aromatic carbocycles. The first-order valence-corrected chi connectivity index (χ1v) is 13.9. The van der Waals surface area contributed by atoms with E-state index < -0.39 is 5.24 Å². The molecule has 2 heterocycles. The number of nitrogens with one attached hydrogen (secondary N) is 1. The number of pyridine rings is 2. The average molecular weight is 668 g/mol. The van der Waals surface area contributed by atoms with Crippen molar-refractivity contribution in [1.29, 1.82) is 5.26 Å². The molecule has 0 radical (unpaired) electrons. The number of carbonyl (C=O) groups is 2. The molecule has 220 valence electrons. The third-order valence-corrected chi connectivity index (χ3v) is 6.07. The van der Waals surface area contributed by atoms with Gasteiger partial charge in [-0.25, -0.2) is 9.97 Å². The monoisotopic (exact) mass is 665 g/mol. The topological polar surface area (TPSA) is 122 Å². The fourth-order valence-electron chi connectivity index (χ4n) is 3.32. The number of halogens is 5. The van der Waals surface area contributed by atoms with Gasteiger partial charge in [0.25, 0.3) is 11.1 Å². The van der Waals surface area contributed by atoms with E-state index in [1.54, 1.807) is 42.5 Å². The number of rotatable bonds is 3. The summed E-state index contributed by atoms with van der Waals surface area (Å²) in [7, 11) is 0. The lowest BCUT2D eigenvalue weighted by atomic mass is 10.1. The predicted octanol–water partition coefficient (Wildman–Crippen LogP) is 9.44. The van der Waals surface area contributed by atoms with Gasteiger partial charge in [-0.3, -0.25) is 9.59 Å². The molecule has 0 unspecified atom stereocenters. The van der Waals surface area contributed by atoms with E-state index in [9.17, 15) is 9.59 Å². The minimum Gasteiger partial charge on any atom is -0.396 e. The molecule has 0 aliphatic heterocycles. The summed E-state index contributed by atoms with van der Waals surface area (Å²) in [4.78, 5) is 30.4. The van der Waals surface area contributed by atoms with Crippen LogP contribution in [-0.4, -0.2) is 21.1 Å². The largest absolute Gasteiger partial charge is 0.396 e. The summed E-state index contributed by atoms with van der Waals surface area (Å²) < 4.78 is 0. The fraction of sp³-hybridized carbons (Fsp3) is 0.167. The Balaban J connectivity index is 0.000000325. The summed E-state index contributed by atoms with van der Waals surface area (Å²) >= 11 is 27.9. The zero-order valence-corrected chi connectivity index (χ0v) is 27.2. The second-order valence-corrected chi connectivity index (χ2v) is 10.5. The lowest BCUT2D eigenvalue weighted by molar-refractivity contribution is 0.102. The maximum atomic E-state index is 12.1. The van der Waals surface area contributed by atoms with Crippen LogP contribution in [0.1, 0.15) is 49.9 Å². The van der Waals surface area contributed by atoms with E-state index in [-0.39, 0.29) is 21.4 Å². The van der Waals surface area contributed by atoms with Crippen molar-refractivity contribution in [2.24, 2.45) is 0 Å². The number of benzene rings is 2. The van der Waals surface area contributed by atoms with Crippen LogP contribution in [0.3, 0.4) is 0 Å². The summed E-state index contributed by atoms with van der Waals surface area (Å²) in [5, 5.41) is 10.7. The molecule has 4 aromatic rings. The van der Waals surface area contributed by atoms with Gasteiger partial charge >= 0.3 is 0 Å². The van der Waals surface area contributed by atoms with Crippen LogP contribution in [0.4, 0.5) is 11.4 Å². The highest BCUT2D eigenvalue weighted by Gasteiger charge is 2.10. The Kier molecular flexibility index (Phi) is 15.9. The molecule has 0 saturated carbocycles. The Labute approximate surface area is 270 Å². The van der Waals surface area contributed by atoms with Gasteiger partial charge in [0.1, 0.15) is 10.3 Å². The molecule has 12 heteroatoms. The second-order valence-electron chi connectivity index (χ2n) is 8.69. The first-order valence-electron chi connectivity index (χ1n) is 12.0. The SMILES string of the molecule is CC#N.Cc1cc(C)cc(C(=O)Cl)c1.Cc1cc(C)cc(C(=O)Nc2ccc(Cl)nc2Cl)c1.Nc1ccc(Cl)nc1Cl. The van der Waals surface area contributed by atoms with Crippen LogP contribution in [0, 0.1) is 39.0 Å². The van der Waals surface area contributed by atoms with E-state index >= 15 is 0 Å². The van der Waals surface area contributed by atoms with Gasteiger partial charge in [0, 0.05) is 18.1 Å². The molecule has 0 saturated heterocycles. The van der Waals surface area contributed by atoms with Gasteiger partial charge < -0.3 is 11.1 Å². The van der Waals surface area contributed by atoms with Crippen molar-refractivity contribution in [1.82, 2.24) is 9.97 Å². The van der Waals surface area contributed by atoms with Gasteiger partial charge in [-0.1, -0.05) is 80.8 Å². The minimum atomic E-state index is -0.392. The standard InChI is InChI=1S/C14H12Cl2N2O.C9H9ClO.C5H4Cl2N2.C2H3N/c1-8-5-9(2)7-10(6-8)14(19)17-11-3-4-12(15)18-13(11)16;1-6-3-7(2)5-8(4-6)9(10)11;6-4-2-1-3(8)5(7)9-4;1-2-3/h3-7H,1-2H3,(H,17,19);3-5H,1-2H3;1-2H,8H2;1H3. The number of amides is 1. The minimum absolute atomic E-state index is 0.172. The van der Waals surface area contributed by atoms with Gasteiger partial charge in [0.15, 0.2) is 10.3 Å². The summed E-state index contributed by atoms with van der Waals surface area (Å²) in [6, 6.07) is 19.4. The number of aromatic nitrogens is 2. The number of nitrogens with two attached hydrogens (primary N) is 1. The van der Waals surface area contributed by atoms with Crippen molar-refractivity contribution < 1.29 is 9.59 Å². The average Bonchev–Trinajstić information content (AvgIpc) is 2.88. The van der Waals surface area contributed by atoms with E-state index in [0.29, 0.717) is 27.7 Å². The zero-order valence-electron chi connectivity index (χ0n) is 23.4. The normalized spacial score (nSPS) is 9.45. The van der Waals surface area contributed by atoms with Crippen molar-refractivity contribution in [2.75, 3.05) is 11.1 Å². The van der Waals surface area contributed by atoms with E-state index in [0.717, 1.165) is 22.3 Å². The quantitative estimate of drug-likeness (QED) is 0.166. The smallest absolute Gasteiger partial charge is 0.255 e. The highest BCUT2D eigenvalue weighted by atomic mass is 35.5. The van der Waals surface area contributed by atoms with Crippen molar-refractivity contribution in [2.45, 2.75) is 34.6 Å². The molecule has 3 N–H and O–H groups in total. The number of anilines is 2. The van der Waals surface area contributed by atoms with E-state index in [1.807, 2.05) is 52.0 Å². The van der Waals surface area contributed by atoms with Gasteiger partial charge in [-0.2, -0.15) is 5.26 Å². The molecule has 2 aromatic heterocycles. The number of nitrogen functional groups attached to an aromatic ring is 1. The number of aryl methyl sites for hydroxylation is 4. The molecular formula is C30H28Cl5N5O2. The number of carbonyl (C=O) groups excluding carboxylic acids is 2. The molecule has 0 atom stereocenters. The molecule has 0 spiro atoms. The third-order valence-electron chi connectivity index (χ3n) is 4.84. The Morgan fingerprint density at radius 1 is 0.738 bits per heavy atom. The van der Waals surface area contributed by atoms with Crippen LogP contribution in [-0.2, 0) is 0 Å². The van der Waals surface area contributed by atoms with Crippen LogP contribution >= 0.6 is 58.0 Å². The number of nitrogens with zero attached hydrogens (tertiary/aromatic N) is 3. The Morgan fingerprint density at radius 3 is 1.52 bits per heavy atom. The van der Waals surface area contributed by atoms with Gasteiger partial charge in [-0.15, -0.1) is 0 Å². The zero-order chi connectivity index (χ0) is 32.0. The van der Waals surface area contributed by atoms with Crippen LogP contribution in [0.15, 0.2) is 60.7 Å². The van der Waals surface area contributed by atoms with Crippen LogP contribution in [0.5, 0.6) is 0 Å². The van der Waals surface area contributed by atoms with Crippen molar-refractivity contribution in [3.63, 3.8) is 0 Å². The summed E-state index contributed by atoms with van der Waals surface area (Å²) in [5.74, 6) is -0.224. The lowest BCUT2D eigenvalue weighted by Gasteiger charge is -2.08. The summed E-state index contributed by atoms with van der Waals surface area (Å²) in [6.45, 7) is 9.20. The molecule has 7 nitrogen and oxygen atoms in total.